The first-order valence-corrected chi connectivity index (χ1v) is 5.40. The van der Waals surface area contributed by atoms with Crippen LogP contribution < -0.4 is 5.73 Å². The third-order valence-corrected chi connectivity index (χ3v) is 3.21. The van der Waals surface area contributed by atoms with E-state index in [2.05, 4.69) is 10.1 Å². The number of nitrogens with zero attached hydrogens (tertiary/aromatic N) is 4. The van der Waals surface area contributed by atoms with E-state index in [1.54, 1.807) is 4.52 Å². The van der Waals surface area contributed by atoms with Gasteiger partial charge < -0.3 is 5.73 Å². The summed E-state index contributed by atoms with van der Waals surface area (Å²) in [6, 6.07) is 0. The fraction of sp³-hybridized carbons (Fsp3) is 0.556. The van der Waals surface area contributed by atoms with Gasteiger partial charge in [0.25, 0.3) is 0 Å². The first-order valence-electron chi connectivity index (χ1n) is 5.02. The summed E-state index contributed by atoms with van der Waals surface area (Å²) in [7, 11) is 1.97. The van der Waals surface area contributed by atoms with Crippen LogP contribution in [0.25, 0.3) is 5.78 Å². The van der Waals surface area contributed by atoms with Crippen molar-refractivity contribution >= 4 is 17.4 Å². The molecular formula is C9H12ClN5. The van der Waals surface area contributed by atoms with E-state index >= 15 is 0 Å². The molecule has 2 aromatic rings. The lowest BCUT2D eigenvalue weighted by Gasteiger charge is -1.95. The molecule has 1 fully saturated rings. The number of imidazole rings is 1. The Kier molecular flexibility index (Phi) is 1.81. The van der Waals surface area contributed by atoms with Gasteiger partial charge in [-0.3, -0.25) is 4.57 Å². The highest BCUT2D eigenvalue weighted by Crippen LogP contribution is 2.39. The minimum Gasteiger partial charge on any atom is -0.325 e. The van der Waals surface area contributed by atoms with Gasteiger partial charge in [0.05, 0.1) is 5.69 Å². The molecule has 0 radical (unpaired) electrons. The Morgan fingerprint density at radius 2 is 2.27 bits per heavy atom. The Hall–Kier alpha value is -1.07. The molecule has 1 aliphatic carbocycles. The molecule has 80 valence electrons. The number of hydrogen-bond acceptors (Lipinski definition) is 3. The highest BCUT2D eigenvalue weighted by molar-refractivity contribution is 6.30. The van der Waals surface area contributed by atoms with E-state index in [9.17, 15) is 0 Å². The van der Waals surface area contributed by atoms with Crippen LogP contribution in [0.3, 0.4) is 0 Å². The van der Waals surface area contributed by atoms with E-state index < -0.39 is 0 Å². The topological polar surface area (TPSA) is 61.1 Å². The van der Waals surface area contributed by atoms with Crippen LogP contribution in [-0.2, 0) is 13.6 Å². The number of aryl methyl sites for hydroxylation is 1. The molecule has 5 nitrogen and oxygen atoms in total. The smallest absolute Gasteiger partial charge is 0.233 e. The van der Waals surface area contributed by atoms with Crippen molar-refractivity contribution in [2.45, 2.75) is 25.3 Å². The molecule has 2 heterocycles. The predicted molar refractivity (Wildman–Crippen MR) is 56.8 cm³/mol. The fourth-order valence-electron chi connectivity index (χ4n) is 1.83. The van der Waals surface area contributed by atoms with Gasteiger partial charge in [-0.15, -0.1) is 0 Å². The van der Waals surface area contributed by atoms with Crippen LogP contribution in [0, 0.1) is 0 Å². The molecule has 1 aliphatic rings. The zero-order valence-corrected chi connectivity index (χ0v) is 9.20. The lowest BCUT2D eigenvalue weighted by molar-refractivity contribution is 0.795. The molecule has 6 heteroatoms. The lowest BCUT2D eigenvalue weighted by atomic mass is 10.4. The number of halogens is 1. The van der Waals surface area contributed by atoms with Crippen LogP contribution in [0.4, 0.5) is 0 Å². The number of rotatable bonds is 2. The molecule has 0 saturated heterocycles. The van der Waals surface area contributed by atoms with Crippen LogP contribution >= 0.6 is 11.6 Å². The second-order valence-corrected chi connectivity index (χ2v) is 4.31. The summed E-state index contributed by atoms with van der Waals surface area (Å²) in [5.41, 5.74) is 6.24. The molecule has 0 atom stereocenters. The van der Waals surface area contributed by atoms with Crippen molar-refractivity contribution in [1.82, 2.24) is 19.2 Å². The van der Waals surface area contributed by atoms with Gasteiger partial charge in [-0.1, -0.05) is 11.6 Å². The fourth-order valence-corrected chi connectivity index (χ4v) is 2.06. The molecule has 0 spiro atoms. The number of nitrogens with two attached hydrogens (primary N) is 1. The minimum atomic E-state index is 0.348. The summed E-state index contributed by atoms with van der Waals surface area (Å²) < 4.78 is 3.68. The first-order chi connectivity index (χ1) is 7.22. The monoisotopic (exact) mass is 225 g/mol. The summed E-state index contributed by atoms with van der Waals surface area (Å²) in [6.45, 7) is 0.348. The summed E-state index contributed by atoms with van der Waals surface area (Å²) in [5, 5.41) is 5.01. The molecule has 1 saturated carbocycles. The van der Waals surface area contributed by atoms with Crippen molar-refractivity contribution in [3.05, 3.63) is 16.7 Å². The molecule has 15 heavy (non-hydrogen) atoms. The van der Waals surface area contributed by atoms with Gasteiger partial charge in [0, 0.05) is 19.5 Å². The summed E-state index contributed by atoms with van der Waals surface area (Å²) >= 11 is 6.11. The Morgan fingerprint density at radius 3 is 2.80 bits per heavy atom. The Morgan fingerprint density at radius 1 is 1.53 bits per heavy atom. The molecule has 2 N–H and O–H groups in total. The highest BCUT2D eigenvalue weighted by atomic mass is 35.5. The first kappa shape index (κ1) is 9.18. The standard InChI is InChI=1S/C9H12ClN5/c1-14-8(5-2-3-5)13-15-7(10)6(4-11)12-9(14)15/h5H,2-4,11H2,1H3. The molecule has 0 aliphatic heterocycles. The van der Waals surface area contributed by atoms with E-state index in [0.29, 0.717) is 23.3 Å². The zero-order chi connectivity index (χ0) is 10.6. The highest BCUT2D eigenvalue weighted by Gasteiger charge is 2.30. The third-order valence-electron chi connectivity index (χ3n) is 2.83. The second kappa shape index (κ2) is 2.96. The summed E-state index contributed by atoms with van der Waals surface area (Å²) in [5.74, 6) is 2.44. The van der Waals surface area contributed by atoms with Crippen LogP contribution in [0.1, 0.15) is 30.3 Å². The normalized spacial score (nSPS) is 16.5. The number of aromatic nitrogens is 4. The lowest BCUT2D eigenvalue weighted by Crippen LogP contribution is -2.00. The number of fused-ring (bicyclic) bond motifs is 1. The van der Waals surface area contributed by atoms with Gasteiger partial charge in [0.15, 0.2) is 5.15 Å². The van der Waals surface area contributed by atoms with Crippen molar-refractivity contribution in [1.29, 1.82) is 0 Å². The quantitative estimate of drug-likeness (QED) is 0.831. The molecule has 0 bridgehead atoms. The van der Waals surface area contributed by atoms with Gasteiger partial charge in [-0.25, -0.2) is 4.98 Å². The second-order valence-electron chi connectivity index (χ2n) is 3.96. The molecule has 0 unspecified atom stereocenters. The van der Waals surface area contributed by atoms with Crippen molar-refractivity contribution in [3.8, 4) is 0 Å². The van der Waals surface area contributed by atoms with Crippen molar-refractivity contribution in [2.75, 3.05) is 0 Å². The van der Waals surface area contributed by atoms with E-state index in [0.717, 1.165) is 11.6 Å². The van der Waals surface area contributed by atoms with E-state index in [1.807, 2.05) is 11.6 Å². The maximum Gasteiger partial charge on any atom is 0.233 e. The summed E-state index contributed by atoms with van der Waals surface area (Å²) in [4.78, 5) is 4.37. The van der Waals surface area contributed by atoms with Gasteiger partial charge in [0.2, 0.25) is 5.78 Å². The predicted octanol–water partition coefficient (Wildman–Crippen LogP) is 1.06. The third kappa shape index (κ3) is 1.20. The molecule has 2 aromatic heterocycles. The van der Waals surface area contributed by atoms with E-state index in [-0.39, 0.29) is 0 Å². The molecule has 0 aromatic carbocycles. The van der Waals surface area contributed by atoms with Crippen LogP contribution in [0.5, 0.6) is 0 Å². The molecular weight excluding hydrogens is 214 g/mol. The number of hydrogen-bond donors (Lipinski definition) is 1. The van der Waals surface area contributed by atoms with Crippen molar-refractivity contribution in [3.63, 3.8) is 0 Å². The Bertz CT molecular complexity index is 522. The SMILES string of the molecule is Cn1c(C2CC2)nn2c(Cl)c(CN)nc12. The molecule has 0 amide bonds. The zero-order valence-electron chi connectivity index (χ0n) is 8.44. The largest absolute Gasteiger partial charge is 0.325 e. The van der Waals surface area contributed by atoms with Gasteiger partial charge in [-0.2, -0.15) is 9.61 Å². The van der Waals surface area contributed by atoms with E-state index in [4.69, 9.17) is 17.3 Å². The van der Waals surface area contributed by atoms with Crippen molar-refractivity contribution in [2.24, 2.45) is 12.8 Å². The maximum absolute atomic E-state index is 6.11. The Balaban J connectivity index is 2.24. The van der Waals surface area contributed by atoms with Gasteiger partial charge in [-0.05, 0) is 12.8 Å². The van der Waals surface area contributed by atoms with Gasteiger partial charge in [0.1, 0.15) is 5.82 Å². The average Bonchev–Trinajstić information content (AvgIpc) is 2.95. The van der Waals surface area contributed by atoms with Gasteiger partial charge >= 0.3 is 0 Å². The van der Waals surface area contributed by atoms with Crippen LogP contribution in [0.15, 0.2) is 0 Å². The van der Waals surface area contributed by atoms with Crippen LogP contribution in [0.2, 0.25) is 5.15 Å². The minimum absolute atomic E-state index is 0.348. The van der Waals surface area contributed by atoms with Crippen molar-refractivity contribution < 1.29 is 0 Å². The maximum atomic E-state index is 6.11. The van der Waals surface area contributed by atoms with E-state index in [1.165, 1.54) is 12.8 Å². The molecule has 3 rings (SSSR count). The average molecular weight is 226 g/mol. The van der Waals surface area contributed by atoms with Crippen LogP contribution in [-0.4, -0.2) is 19.2 Å². The summed E-state index contributed by atoms with van der Waals surface area (Å²) in [6.07, 6.45) is 2.44. The Labute approximate surface area is 91.8 Å².